The summed E-state index contributed by atoms with van der Waals surface area (Å²) in [5.74, 6) is 0.975. The van der Waals surface area contributed by atoms with Crippen LogP contribution in [0.5, 0.6) is 0 Å². The van der Waals surface area contributed by atoms with Gasteiger partial charge in [-0.1, -0.05) is 12.1 Å². The van der Waals surface area contributed by atoms with Gasteiger partial charge in [-0.05, 0) is 62.6 Å². The van der Waals surface area contributed by atoms with Gasteiger partial charge in [0.05, 0.1) is 0 Å². The van der Waals surface area contributed by atoms with E-state index in [0.717, 1.165) is 23.1 Å². The number of benzene rings is 1. The summed E-state index contributed by atoms with van der Waals surface area (Å²) in [4.78, 5) is 3.53. The van der Waals surface area contributed by atoms with E-state index in [-0.39, 0.29) is 5.82 Å². The predicted octanol–water partition coefficient (Wildman–Crippen LogP) is 3.58. The van der Waals surface area contributed by atoms with Gasteiger partial charge in [-0.15, -0.1) is 11.8 Å². The zero-order valence-electron chi connectivity index (χ0n) is 12.4. The smallest absolute Gasteiger partial charge is 0.137 e. The van der Waals surface area contributed by atoms with Crippen molar-refractivity contribution >= 4 is 11.8 Å². The van der Waals surface area contributed by atoms with E-state index in [1.54, 1.807) is 17.8 Å². The number of nitrogens with one attached hydrogen (secondary N) is 1. The van der Waals surface area contributed by atoms with Gasteiger partial charge in [0.15, 0.2) is 0 Å². The highest BCUT2D eigenvalue weighted by atomic mass is 32.2. The molecule has 1 N–H and O–H groups in total. The molecule has 0 radical (unpaired) electrons. The number of piperidine rings is 1. The number of thioether (sulfide) groups is 1. The Morgan fingerprint density at radius 3 is 3.10 bits per heavy atom. The lowest BCUT2D eigenvalue weighted by atomic mass is 9.95. The van der Waals surface area contributed by atoms with Crippen LogP contribution in [0, 0.1) is 5.82 Å². The number of fused-ring (bicyclic) bond motifs is 2. The second-order valence-corrected chi connectivity index (χ2v) is 7.67. The molecule has 4 heteroatoms. The number of rotatable bonds is 2. The fourth-order valence-electron chi connectivity index (χ4n) is 4.22. The third-order valence-corrected chi connectivity index (χ3v) is 6.44. The summed E-state index contributed by atoms with van der Waals surface area (Å²) in [5, 5.41) is 3.85. The fourth-order valence-corrected chi connectivity index (χ4v) is 5.36. The van der Waals surface area contributed by atoms with E-state index in [9.17, 15) is 4.39 Å². The highest BCUT2D eigenvalue weighted by Crippen LogP contribution is 2.38. The molecule has 2 saturated heterocycles. The van der Waals surface area contributed by atoms with Gasteiger partial charge in [-0.3, -0.25) is 0 Å². The Morgan fingerprint density at radius 2 is 2.14 bits per heavy atom. The van der Waals surface area contributed by atoms with Crippen LogP contribution in [0.3, 0.4) is 0 Å². The van der Waals surface area contributed by atoms with Crippen LogP contribution in [-0.2, 0) is 0 Å². The van der Waals surface area contributed by atoms with Gasteiger partial charge in [0, 0.05) is 23.0 Å². The standard InChI is InChI=1S/C17H23FN2S/c18-15-5-1-4-14-16(7-10-21-17(14)15)19-12-6-9-20-8-2-3-13(20)11-12/h1,4-5,12-13,16,19H,2-3,6-11H2. The van der Waals surface area contributed by atoms with Crippen LogP contribution in [0.1, 0.15) is 43.7 Å². The third-order valence-electron chi connectivity index (χ3n) is 5.28. The van der Waals surface area contributed by atoms with Crippen LogP contribution in [-0.4, -0.2) is 35.8 Å². The molecule has 0 spiro atoms. The summed E-state index contributed by atoms with van der Waals surface area (Å²) in [6, 6.07) is 7.29. The monoisotopic (exact) mass is 306 g/mol. The summed E-state index contributed by atoms with van der Waals surface area (Å²) in [6.07, 6.45) is 6.36. The van der Waals surface area contributed by atoms with E-state index in [4.69, 9.17) is 0 Å². The van der Waals surface area contributed by atoms with Crippen LogP contribution in [0.25, 0.3) is 0 Å². The minimum absolute atomic E-state index is 0.0467. The molecule has 114 valence electrons. The number of hydrogen-bond donors (Lipinski definition) is 1. The van der Waals surface area contributed by atoms with Gasteiger partial charge in [-0.2, -0.15) is 0 Å². The molecule has 3 aliphatic heterocycles. The van der Waals surface area contributed by atoms with Crippen molar-refractivity contribution in [3.8, 4) is 0 Å². The zero-order valence-corrected chi connectivity index (χ0v) is 13.2. The molecule has 0 aromatic heterocycles. The van der Waals surface area contributed by atoms with Gasteiger partial charge in [0.2, 0.25) is 0 Å². The van der Waals surface area contributed by atoms with E-state index < -0.39 is 0 Å². The molecule has 21 heavy (non-hydrogen) atoms. The number of halogens is 1. The lowest BCUT2D eigenvalue weighted by Gasteiger charge is -2.38. The van der Waals surface area contributed by atoms with Crippen LogP contribution in [0.4, 0.5) is 4.39 Å². The van der Waals surface area contributed by atoms with Crippen LogP contribution >= 0.6 is 11.8 Å². The summed E-state index contributed by atoms with van der Waals surface area (Å²) in [6.45, 7) is 2.53. The molecule has 2 nitrogen and oxygen atoms in total. The van der Waals surface area contributed by atoms with Crippen molar-refractivity contribution in [1.82, 2.24) is 10.2 Å². The molecule has 0 amide bonds. The lowest BCUT2D eigenvalue weighted by molar-refractivity contribution is 0.160. The number of hydrogen-bond acceptors (Lipinski definition) is 3. The number of nitrogens with zero attached hydrogens (tertiary/aromatic N) is 1. The molecule has 3 heterocycles. The molecular formula is C17H23FN2S. The van der Waals surface area contributed by atoms with E-state index in [0.29, 0.717) is 12.1 Å². The summed E-state index contributed by atoms with van der Waals surface area (Å²) < 4.78 is 13.9. The Balaban J connectivity index is 1.47. The Labute approximate surface area is 130 Å². The molecular weight excluding hydrogens is 283 g/mol. The first-order valence-electron chi connectivity index (χ1n) is 8.22. The highest BCUT2D eigenvalue weighted by Gasteiger charge is 2.33. The Morgan fingerprint density at radius 1 is 1.19 bits per heavy atom. The van der Waals surface area contributed by atoms with Crippen LogP contribution in [0.15, 0.2) is 23.1 Å². The van der Waals surface area contributed by atoms with E-state index in [2.05, 4.69) is 16.3 Å². The quantitative estimate of drug-likeness (QED) is 0.899. The SMILES string of the molecule is Fc1cccc2c1SCCC2NC1CCN2CCCC2C1. The third kappa shape index (κ3) is 2.73. The van der Waals surface area contributed by atoms with Crippen molar-refractivity contribution < 1.29 is 4.39 Å². The van der Waals surface area contributed by atoms with E-state index in [1.165, 1.54) is 44.3 Å². The second-order valence-electron chi connectivity index (χ2n) is 6.57. The van der Waals surface area contributed by atoms with Gasteiger partial charge in [0.25, 0.3) is 0 Å². The van der Waals surface area contributed by atoms with Crippen LogP contribution in [0.2, 0.25) is 0 Å². The predicted molar refractivity (Wildman–Crippen MR) is 85.2 cm³/mol. The van der Waals surface area contributed by atoms with Crippen molar-refractivity contribution in [1.29, 1.82) is 0 Å². The maximum atomic E-state index is 13.9. The van der Waals surface area contributed by atoms with E-state index in [1.807, 2.05) is 6.07 Å². The normalized spacial score (nSPS) is 32.7. The first-order chi connectivity index (χ1) is 10.3. The molecule has 4 rings (SSSR count). The van der Waals surface area contributed by atoms with Crippen LogP contribution < -0.4 is 5.32 Å². The molecule has 1 aromatic carbocycles. The summed E-state index contributed by atoms with van der Waals surface area (Å²) >= 11 is 1.67. The van der Waals surface area contributed by atoms with Crippen molar-refractivity contribution in [3.63, 3.8) is 0 Å². The first-order valence-corrected chi connectivity index (χ1v) is 9.21. The summed E-state index contributed by atoms with van der Waals surface area (Å²) in [7, 11) is 0. The van der Waals surface area contributed by atoms with Gasteiger partial charge >= 0.3 is 0 Å². The van der Waals surface area contributed by atoms with Crippen molar-refractivity contribution in [2.45, 2.75) is 55.1 Å². The van der Waals surface area contributed by atoms with Gasteiger partial charge in [-0.25, -0.2) is 4.39 Å². The minimum atomic E-state index is -0.0467. The maximum Gasteiger partial charge on any atom is 0.137 e. The molecule has 0 bridgehead atoms. The van der Waals surface area contributed by atoms with E-state index >= 15 is 0 Å². The largest absolute Gasteiger partial charge is 0.307 e. The zero-order chi connectivity index (χ0) is 14.2. The molecule has 3 unspecified atom stereocenters. The molecule has 0 saturated carbocycles. The van der Waals surface area contributed by atoms with Gasteiger partial charge in [0.1, 0.15) is 5.82 Å². The summed E-state index contributed by atoms with van der Waals surface area (Å²) in [5.41, 5.74) is 1.18. The molecule has 0 aliphatic carbocycles. The Bertz CT molecular complexity index is 522. The fraction of sp³-hybridized carbons (Fsp3) is 0.647. The Hall–Kier alpha value is -0.580. The van der Waals surface area contributed by atoms with Crippen molar-refractivity contribution in [3.05, 3.63) is 29.6 Å². The van der Waals surface area contributed by atoms with Crippen molar-refractivity contribution in [2.24, 2.45) is 0 Å². The average Bonchev–Trinajstić information content (AvgIpc) is 2.96. The molecule has 2 fully saturated rings. The molecule has 1 aromatic rings. The molecule has 3 atom stereocenters. The topological polar surface area (TPSA) is 15.3 Å². The molecule has 3 aliphatic rings. The lowest BCUT2D eigenvalue weighted by Crippen LogP contribution is -2.47. The first kappa shape index (κ1) is 14.0. The average molecular weight is 306 g/mol. The van der Waals surface area contributed by atoms with Gasteiger partial charge < -0.3 is 10.2 Å². The highest BCUT2D eigenvalue weighted by molar-refractivity contribution is 7.99. The van der Waals surface area contributed by atoms with Crippen molar-refractivity contribution in [2.75, 3.05) is 18.8 Å². The minimum Gasteiger partial charge on any atom is -0.307 e. The Kier molecular flexibility index (Phi) is 3.94. The second kappa shape index (κ2) is 5.90. The maximum absolute atomic E-state index is 13.9.